The first-order valence-corrected chi connectivity index (χ1v) is 6.40. The van der Waals surface area contributed by atoms with Crippen LogP contribution in [0.2, 0.25) is 0 Å². The molecule has 1 heterocycles. The minimum Gasteiger partial charge on any atom is -0.328 e. The molecule has 0 radical (unpaired) electrons. The second-order valence-electron chi connectivity index (χ2n) is 3.86. The van der Waals surface area contributed by atoms with Gasteiger partial charge in [0, 0.05) is 6.04 Å². The Morgan fingerprint density at radius 1 is 1.54 bits per heavy atom. The van der Waals surface area contributed by atoms with Crippen molar-refractivity contribution in [3.8, 4) is 0 Å². The summed E-state index contributed by atoms with van der Waals surface area (Å²) in [6, 6.07) is 2.68. The summed E-state index contributed by atoms with van der Waals surface area (Å²) in [6.07, 6.45) is 4.94. The summed E-state index contributed by atoms with van der Waals surface area (Å²) in [6.45, 7) is 0. The van der Waals surface area contributed by atoms with Crippen LogP contribution in [0.25, 0.3) is 0 Å². The van der Waals surface area contributed by atoms with Crippen molar-refractivity contribution in [1.82, 2.24) is 0 Å². The van der Waals surface area contributed by atoms with Gasteiger partial charge in [-0.15, -0.1) is 11.3 Å². The van der Waals surface area contributed by atoms with Crippen molar-refractivity contribution < 1.29 is 0 Å². The normalized spacial score (nSPS) is 28.2. The van der Waals surface area contributed by atoms with E-state index < -0.39 is 0 Å². The smallest absolute Gasteiger partial charge is 0.0730 e. The average Bonchev–Trinajstić information content (AvgIpc) is 2.64. The van der Waals surface area contributed by atoms with Crippen LogP contribution in [0.3, 0.4) is 0 Å². The van der Waals surface area contributed by atoms with Gasteiger partial charge in [0.15, 0.2) is 0 Å². The van der Waals surface area contributed by atoms with Crippen molar-refractivity contribution in [2.45, 2.75) is 31.7 Å². The number of thiophene rings is 1. The monoisotopic (exact) mass is 259 g/mol. The zero-order valence-corrected chi connectivity index (χ0v) is 9.90. The molecule has 3 heteroatoms. The largest absolute Gasteiger partial charge is 0.328 e. The Bertz CT molecular complexity index is 284. The maximum absolute atomic E-state index is 5.88. The third-order valence-electron chi connectivity index (χ3n) is 2.78. The lowest BCUT2D eigenvalue weighted by atomic mass is 10.00. The molecule has 0 bridgehead atoms. The zero-order chi connectivity index (χ0) is 9.26. The number of halogens is 1. The summed E-state index contributed by atoms with van der Waals surface area (Å²) in [4.78, 5) is 0. The molecule has 0 aromatic carbocycles. The lowest BCUT2D eigenvalue weighted by molar-refractivity contribution is 0.535. The highest BCUT2D eigenvalue weighted by molar-refractivity contribution is 9.11. The molecule has 1 aromatic rings. The fourth-order valence-electron chi connectivity index (χ4n) is 2.08. The standard InChI is InChI=1S/C10H14BrNS/c11-10-8(3-4-13-10)5-7-1-2-9(12)6-7/h3-4,7,9H,1-2,5-6,12H2. The first kappa shape index (κ1) is 9.69. The lowest BCUT2D eigenvalue weighted by Gasteiger charge is -2.07. The lowest BCUT2D eigenvalue weighted by Crippen LogP contribution is -2.15. The Kier molecular flexibility index (Phi) is 3.06. The summed E-state index contributed by atoms with van der Waals surface area (Å²) in [5.74, 6) is 0.820. The fourth-order valence-corrected chi connectivity index (χ4v) is 3.35. The van der Waals surface area contributed by atoms with Crippen LogP contribution in [0.4, 0.5) is 0 Å². The molecule has 2 N–H and O–H groups in total. The molecule has 1 aliphatic carbocycles. The second-order valence-corrected chi connectivity index (χ2v) is 6.10. The van der Waals surface area contributed by atoms with E-state index >= 15 is 0 Å². The van der Waals surface area contributed by atoms with Gasteiger partial charge in [-0.1, -0.05) is 0 Å². The van der Waals surface area contributed by atoms with E-state index in [0.29, 0.717) is 6.04 Å². The Hall–Kier alpha value is 0.140. The first-order valence-electron chi connectivity index (χ1n) is 4.73. The van der Waals surface area contributed by atoms with Crippen LogP contribution in [0, 0.1) is 5.92 Å². The summed E-state index contributed by atoms with van der Waals surface area (Å²) in [5.41, 5.74) is 7.35. The summed E-state index contributed by atoms with van der Waals surface area (Å²) in [5, 5.41) is 2.15. The third kappa shape index (κ3) is 2.33. The van der Waals surface area contributed by atoms with Gasteiger partial charge in [-0.25, -0.2) is 0 Å². The molecule has 0 saturated heterocycles. The molecule has 1 aromatic heterocycles. The van der Waals surface area contributed by atoms with Crippen molar-refractivity contribution in [2.75, 3.05) is 0 Å². The van der Waals surface area contributed by atoms with Crippen molar-refractivity contribution in [1.29, 1.82) is 0 Å². The highest BCUT2D eigenvalue weighted by atomic mass is 79.9. The minimum absolute atomic E-state index is 0.461. The van der Waals surface area contributed by atoms with Crippen LogP contribution in [0.1, 0.15) is 24.8 Å². The van der Waals surface area contributed by atoms with Gasteiger partial charge >= 0.3 is 0 Å². The molecule has 0 spiro atoms. The summed E-state index contributed by atoms with van der Waals surface area (Å²) >= 11 is 5.35. The third-order valence-corrected chi connectivity index (χ3v) is 4.59. The van der Waals surface area contributed by atoms with Gasteiger partial charge in [0.1, 0.15) is 0 Å². The molecule has 1 aliphatic rings. The van der Waals surface area contributed by atoms with Crippen LogP contribution < -0.4 is 5.73 Å². The Balaban J connectivity index is 1.95. The minimum atomic E-state index is 0.461. The van der Waals surface area contributed by atoms with Crippen LogP contribution in [-0.2, 0) is 6.42 Å². The quantitative estimate of drug-likeness (QED) is 0.868. The number of rotatable bonds is 2. The topological polar surface area (TPSA) is 26.0 Å². The van der Waals surface area contributed by atoms with Crippen molar-refractivity contribution in [2.24, 2.45) is 11.7 Å². The van der Waals surface area contributed by atoms with E-state index in [4.69, 9.17) is 5.73 Å². The number of hydrogen-bond donors (Lipinski definition) is 1. The van der Waals surface area contributed by atoms with Crippen molar-refractivity contribution in [3.05, 3.63) is 20.8 Å². The van der Waals surface area contributed by atoms with Gasteiger partial charge in [0.2, 0.25) is 0 Å². The van der Waals surface area contributed by atoms with E-state index in [9.17, 15) is 0 Å². The molecule has 2 atom stereocenters. The van der Waals surface area contributed by atoms with Crippen LogP contribution in [0.15, 0.2) is 15.2 Å². The first-order chi connectivity index (χ1) is 6.25. The van der Waals surface area contributed by atoms with Crippen LogP contribution >= 0.6 is 27.3 Å². The average molecular weight is 260 g/mol. The maximum Gasteiger partial charge on any atom is 0.0730 e. The molecule has 0 amide bonds. The number of nitrogens with two attached hydrogens (primary N) is 1. The molecule has 1 nitrogen and oxygen atoms in total. The van der Waals surface area contributed by atoms with Gasteiger partial charge in [0.05, 0.1) is 3.79 Å². The van der Waals surface area contributed by atoms with Crippen LogP contribution in [0.5, 0.6) is 0 Å². The van der Waals surface area contributed by atoms with Crippen LogP contribution in [-0.4, -0.2) is 6.04 Å². The molecule has 2 rings (SSSR count). The highest BCUT2D eigenvalue weighted by Gasteiger charge is 2.22. The van der Waals surface area contributed by atoms with Gasteiger partial charge in [-0.3, -0.25) is 0 Å². The van der Waals surface area contributed by atoms with E-state index in [2.05, 4.69) is 27.4 Å². The summed E-state index contributed by atoms with van der Waals surface area (Å²) in [7, 11) is 0. The van der Waals surface area contributed by atoms with E-state index in [1.54, 1.807) is 11.3 Å². The van der Waals surface area contributed by atoms with Gasteiger partial charge in [-0.2, -0.15) is 0 Å². The molecule has 0 aliphatic heterocycles. The fraction of sp³-hybridized carbons (Fsp3) is 0.600. The molecular formula is C10H14BrNS. The Labute approximate surface area is 91.5 Å². The number of hydrogen-bond acceptors (Lipinski definition) is 2. The molecule has 1 saturated carbocycles. The van der Waals surface area contributed by atoms with Crippen molar-refractivity contribution >= 4 is 27.3 Å². The zero-order valence-electron chi connectivity index (χ0n) is 7.50. The molecule has 1 fully saturated rings. The van der Waals surface area contributed by atoms with Gasteiger partial charge < -0.3 is 5.73 Å². The van der Waals surface area contributed by atoms with E-state index in [0.717, 1.165) is 5.92 Å². The maximum atomic E-state index is 5.88. The van der Waals surface area contributed by atoms with E-state index in [1.807, 2.05) is 0 Å². The second kappa shape index (κ2) is 4.11. The molecule has 13 heavy (non-hydrogen) atoms. The molecule has 2 unspecified atom stereocenters. The Morgan fingerprint density at radius 2 is 2.38 bits per heavy atom. The predicted molar refractivity (Wildman–Crippen MR) is 61.0 cm³/mol. The van der Waals surface area contributed by atoms with E-state index in [-0.39, 0.29) is 0 Å². The molecule has 72 valence electrons. The Morgan fingerprint density at radius 3 is 2.92 bits per heavy atom. The summed E-state index contributed by atoms with van der Waals surface area (Å²) < 4.78 is 1.30. The SMILES string of the molecule is NC1CCC(Cc2ccsc2Br)C1. The van der Waals surface area contributed by atoms with Gasteiger partial charge in [0.25, 0.3) is 0 Å². The predicted octanol–water partition coefficient (Wildman–Crippen LogP) is 3.18. The van der Waals surface area contributed by atoms with Gasteiger partial charge in [-0.05, 0) is 64.5 Å². The molecular weight excluding hydrogens is 246 g/mol. The van der Waals surface area contributed by atoms with Crippen molar-refractivity contribution in [3.63, 3.8) is 0 Å². The highest BCUT2D eigenvalue weighted by Crippen LogP contribution is 2.32. The van der Waals surface area contributed by atoms with E-state index in [1.165, 1.54) is 35.0 Å².